The van der Waals surface area contributed by atoms with Gasteiger partial charge in [0.15, 0.2) is 0 Å². The van der Waals surface area contributed by atoms with Crippen molar-refractivity contribution < 1.29 is 0 Å². The topological polar surface area (TPSA) is 21.9 Å². The molecule has 3 nitrogen and oxygen atoms in total. The molecule has 0 saturated heterocycles. The summed E-state index contributed by atoms with van der Waals surface area (Å²) in [5.74, 6) is 0. The summed E-state index contributed by atoms with van der Waals surface area (Å²) in [6.45, 7) is 0. The standard InChI is InChI=1S/C49H31N3S/c1-2-11-32(12-3-1)49-50-48-45(53-49)27-21-31-18-19-33-28-34(22-24-37(33)46(31)48)51-41-16-8-6-14-38(41)40-29-35(23-26-43(40)51)52-42-17-9-7-15-39(42)47-36-13-5-4-10-30(36)20-25-44(47)52/h1-29,49-50H. The minimum absolute atomic E-state index is 0.204. The summed E-state index contributed by atoms with van der Waals surface area (Å²) in [7, 11) is 0. The molecule has 0 spiro atoms. The van der Waals surface area contributed by atoms with Crippen molar-refractivity contribution in [1.82, 2.24) is 9.13 Å². The highest BCUT2D eigenvalue weighted by Crippen LogP contribution is 2.51. The van der Waals surface area contributed by atoms with Crippen molar-refractivity contribution in [2.75, 3.05) is 5.32 Å². The molecule has 0 radical (unpaired) electrons. The zero-order valence-electron chi connectivity index (χ0n) is 28.6. The summed E-state index contributed by atoms with van der Waals surface area (Å²) in [6.07, 6.45) is 0. The Morgan fingerprint density at radius 3 is 1.89 bits per heavy atom. The average molecular weight is 694 g/mol. The van der Waals surface area contributed by atoms with Gasteiger partial charge in [-0.2, -0.15) is 0 Å². The van der Waals surface area contributed by atoms with Crippen molar-refractivity contribution in [2.24, 2.45) is 0 Å². The van der Waals surface area contributed by atoms with Gasteiger partial charge in [0, 0.05) is 43.2 Å². The highest BCUT2D eigenvalue weighted by molar-refractivity contribution is 8.00. The van der Waals surface area contributed by atoms with E-state index in [0.29, 0.717) is 0 Å². The van der Waals surface area contributed by atoms with Crippen molar-refractivity contribution in [3.8, 4) is 11.4 Å². The third kappa shape index (κ3) is 4.18. The number of rotatable bonds is 3. The molecular formula is C49H31N3S. The Labute approximate surface area is 309 Å². The maximum Gasteiger partial charge on any atom is 0.103 e. The summed E-state index contributed by atoms with van der Waals surface area (Å²) in [5, 5.41) is 16.8. The largest absolute Gasteiger partial charge is 0.368 e. The van der Waals surface area contributed by atoms with Gasteiger partial charge in [-0.15, -0.1) is 0 Å². The lowest BCUT2D eigenvalue weighted by Gasteiger charge is -2.14. The first kappa shape index (κ1) is 29.1. The Morgan fingerprint density at radius 2 is 1.00 bits per heavy atom. The number of nitrogens with one attached hydrogen (secondary N) is 1. The number of thioether (sulfide) groups is 1. The fraction of sp³-hybridized carbons (Fsp3) is 0.0204. The summed E-state index contributed by atoms with van der Waals surface area (Å²) in [5.41, 5.74) is 9.72. The molecule has 0 bridgehead atoms. The first-order chi connectivity index (χ1) is 26.3. The maximum absolute atomic E-state index is 3.88. The third-order valence-corrected chi connectivity index (χ3v) is 12.5. The number of hydrogen-bond acceptors (Lipinski definition) is 2. The number of aromatic nitrogens is 2. The quantitative estimate of drug-likeness (QED) is 0.186. The molecule has 0 saturated carbocycles. The molecule has 2 aromatic heterocycles. The second-order valence-corrected chi connectivity index (χ2v) is 15.3. The Bertz CT molecular complexity index is 3300. The first-order valence-electron chi connectivity index (χ1n) is 18.2. The van der Waals surface area contributed by atoms with E-state index < -0.39 is 0 Å². The van der Waals surface area contributed by atoms with Gasteiger partial charge in [0.2, 0.25) is 0 Å². The maximum atomic E-state index is 3.88. The zero-order valence-corrected chi connectivity index (χ0v) is 29.4. The molecule has 1 N–H and O–H groups in total. The molecule has 1 unspecified atom stereocenters. The molecule has 1 aliphatic rings. The van der Waals surface area contributed by atoms with Crippen LogP contribution in [0.15, 0.2) is 181 Å². The number of anilines is 1. The summed E-state index contributed by atoms with van der Waals surface area (Å²) in [6, 6.07) is 64.8. The lowest BCUT2D eigenvalue weighted by molar-refractivity contribution is 1.14. The molecule has 248 valence electrons. The lowest BCUT2D eigenvalue weighted by Crippen LogP contribution is -2.01. The van der Waals surface area contributed by atoms with E-state index in [0.717, 1.165) is 5.69 Å². The molecule has 3 heterocycles. The molecule has 9 aromatic carbocycles. The number of nitrogens with zero attached hydrogens (tertiary/aromatic N) is 2. The van der Waals surface area contributed by atoms with Gasteiger partial charge in [-0.1, -0.05) is 133 Å². The molecule has 0 fully saturated rings. The van der Waals surface area contributed by atoms with Gasteiger partial charge in [-0.05, 0) is 87.1 Å². The minimum atomic E-state index is 0.204. The van der Waals surface area contributed by atoms with Crippen molar-refractivity contribution in [3.05, 3.63) is 181 Å². The normalized spacial score (nSPS) is 14.3. The predicted octanol–water partition coefficient (Wildman–Crippen LogP) is 13.6. The highest BCUT2D eigenvalue weighted by Gasteiger charge is 2.25. The number of para-hydroxylation sites is 2. The fourth-order valence-corrected chi connectivity index (χ4v) is 10.1. The number of fused-ring (bicyclic) bond motifs is 13. The minimum Gasteiger partial charge on any atom is -0.368 e. The summed E-state index contributed by atoms with van der Waals surface area (Å²) >= 11 is 1.90. The fourth-order valence-electron chi connectivity index (χ4n) is 8.97. The van der Waals surface area contributed by atoms with E-state index in [9.17, 15) is 0 Å². The highest BCUT2D eigenvalue weighted by atomic mass is 32.2. The monoisotopic (exact) mass is 693 g/mol. The molecule has 11 aromatic rings. The van der Waals surface area contributed by atoms with E-state index in [4.69, 9.17) is 0 Å². The van der Waals surface area contributed by atoms with E-state index >= 15 is 0 Å². The van der Waals surface area contributed by atoms with Gasteiger partial charge < -0.3 is 14.5 Å². The molecular weight excluding hydrogens is 663 g/mol. The second-order valence-electron chi connectivity index (χ2n) is 14.1. The van der Waals surface area contributed by atoms with Gasteiger partial charge in [-0.25, -0.2) is 0 Å². The van der Waals surface area contributed by atoms with Crippen LogP contribution in [-0.2, 0) is 0 Å². The molecule has 0 amide bonds. The van der Waals surface area contributed by atoms with E-state index in [1.807, 2.05) is 11.8 Å². The van der Waals surface area contributed by atoms with Gasteiger partial charge in [0.1, 0.15) is 5.37 Å². The lowest BCUT2D eigenvalue weighted by atomic mass is 9.99. The predicted molar refractivity (Wildman–Crippen MR) is 226 cm³/mol. The molecule has 0 aliphatic carbocycles. The van der Waals surface area contributed by atoms with Crippen LogP contribution in [0.5, 0.6) is 0 Å². The van der Waals surface area contributed by atoms with E-state index in [2.05, 4.69) is 190 Å². The van der Waals surface area contributed by atoms with Crippen LogP contribution in [0, 0.1) is 0 Å². The van der Waals surface area contributed by atoms with Crippen LogP contribution >= 0.6 is 11.8 Å². The first-order valence-corrected chi connectivity index (χ1v) is 19.1. The van der Waals surface area contributed by atoms with Gasteiger partial charge >= 0.3 is 0 Å². The SMILES string of the molecule is c1ccc(C2Nc3c(ccc4ccc5cc(-n6c7ccccc7c7cc(-n8c9ccccc9c9c%10ccccc%10ccc98)ccc76)ccc5c34)S2)cc1. The van der Waals surface area contributed by atoms with Crippen molar-refractivity contribution in [1.29, 1.82) is 0 Å². The summed E-state index contributed by atoms with van der Waals surface area (Å²) < 4.78 is 4.88. The Kier molecular flexibility index (Phi) is 6.05. The Balaban J connectivity index is 1.04. The van der Waals surface area contributed by atoms with Crippen LogP contribution < -0.4 is 5.32 Å². The van der Waals surface area contributed by atoms with Gasteiger partial charge in [-0.3, -0.25) is 0 Å². The Morgan fingerprint density at radius 1 is 0.396 bits per heavy atom. The van der Waals surface area contributed by atoms with E-state index in [-0.39, 0.29) is 5.37 Å². The van der Waals surface area contributed by atoms with E-state index in [1.165, 1.54) is 97.8 Å². The molecule has 4 heteroatoms. The molecule has 1 atom stereocenters. The number of benzene rings is 9. The summed E-state index contributed by atoms with van der Waals surface area (Å²) in [4.78, 5) is 1.30. The van der Waals surface area contributed by atoms with Crippen LogP contribution in [0.4, 0.5) is 5.69 Å². The van der Waals surface area contributed by atoms with E-state index in [1.54, 1.807) is 0 Å². The average Bonchev–Trinajstić information content (AvgIpc) is 3.91. The van der Waals surface area contributed by atoms with Crippen LogP contribution in [0.25, 0.3) is 87.3 Å². The van der Waals surface area contributed by atoms with Crippen molar-refractivity contribution in [3.63, 3.8) is 0 Å². The van der Waals surface area contributed by atoms with Crippen LogP contribution in [0.3, 0.4) is 0 Å². The van der Waals surface area contributed by atoms with Crippen LogP contribution in [0.1, 0.15) is 10.9 Å². The molecule has 1 aliphatic heterocycles. The van der Waals surface area contributed by atoms with Crippen molar-refractivity contribution in [2.45, 2.75) is 10.3 Å². The van der Waals surface area contributed by atoms with Crippen LogP contribution in [0.2, 0.25) is 0 Å². The van der Waals surface area contributed by atoms with Crippen LogP contribution in [-0.4, -0.2) is 9.13 Å². The zero-order chi connectivity index (χ0) is 34.6. The number of hydrogen-bond donors (Lipinski definition) is 1. The van der Waals surface area contributed by atoms with Gasteiger partial charge in [0.25, 0.3) is 0 Å². The third-order valence-electron chi connectivity index (χ3n) is 11.3. The smallest absolute Gasteiger partial charge is 0.103 e. The van der Waals surface area contributed by atoms with Crippen molar-refractivity contribution >= 4 is 93.4 Å². The Hall–Kier alpha value is -6.49. The van der Waals surface area contributed by atoms with Gasteiger partial charge in [0.05, 0.1) is 27.8 Å². The molecule has 12 rings (SSSR count). The molecule has 53 heavy (non-hydrogen) atoms. The second kappa shape index (κ2) is 11.0.